The van der Waals surface area contributed by atoms with Crippen LogP contribution in [0.1, 0.15) is 40.5 Å². The number of carbonyl (C=O) groups is 1. The first-order chi connectivity index (χ1) is 9.84. The Morgan fingerprint density at radius 2 is 1.86 bits per heavy atom. The molecule has 1 N–H and O–H groups in total. The van der Waals surface area contributed by atoms with Crippen LogP contribution in [-0.4, -0.2) is 24.3 Å². The Hall–Kier alpha value is -0.110. The van der Waals surface area contributed by atoms with Crippen LogP contribution in [0.2, 0.25) is 0 Å². The zero-order valence-electron chi connectivity index (χ0n) is 13.8. The van der Waals surface area contributed by atoms with Gasteiger partial charge in [0.15, 0.2) is 0 Å². The van der Waals surface area contributed by atoms with Crippen molar-refractivity contribution in [2.45, 2.75) is 49.3 Å². The van der Waals surface area contributed by atoms with E-state index in [0.717, 1.165) is 37.8 Å². The van der Waals surface area contributed by atoms with E-state index < -0.39 is 21.5 Å². The van der Waals surface area contributed by atoms with Gasteiger partial charge in [0, 0.05) is 0 Å². The van der Waals surface area contributed by atoms with Gasteiger partial charge in [0.1, 0.15) is 11.1 Å². The third-order valence-corrected chi connectivity index (χ3v) is 4.17. The van der Waals surface area contributed by atoms with Crippen molar-refractivity contribution in [3.63, 3.8) is 0 Å². The summed E-state index contributed by atoms with van der Waals surface area (Å²) < 4.78 is 35.6. The van der Waals surface area contributed by atoms with Crippen LogP contribution in [0.15, 0.2) is 29.2 Å². The van der Waals surface area contributed by atoms with Crippen LogP contribution in [0.4, 0.5) is 0 Å². The molecule has 0 aliphatic rings. The smallest absolute Gasteiger partial charge is 1.00 e. The van der Waals surface area contributed by atoms with Crippen molar-refractivity contribution in [1.29, 1.82) is 0 Å². The van der Waals surface area contributed by atoms with Crippen LogP contribution in [-0.2, 0) is 14.9 Å². The standard InChI is InChI=1S/C14H19ClO5S.Na.H/c1-2-3-4-5-6-13(15)14(16)20-11-7-9-12(10-8-11)21(17,18)19;;/h7-10,13H,2-6H2,1H3,(H,17,18,19);;/q;+1;-1. The number of hydrogen-bond donors (Lipinski definition) is 1. The molecule has 0 saturated carbocycles. The van der Waals surface area contributed by atoms with Crippen molar-refractivity contribution in [2.75, 3.05) is 0 Å². The third kappa shape index (κ3) is 7.94. The van der Waals surface area contributed by atoms with Crippen molar-refractivity contribution < 1.29 is 53.5 Å². The fourth-order valence-electron chi connectivity index (χ4n) is 1.73. The Morgan fingerprint density at radius 3 is 2.36 bits per heavy atom. The van der Waals surface area contributed by atoms with Gasteiger partial charge < -0.3 is 6.16 Å². The summed E-state index contributed by atoms with van der Waals surface area (Å²) >= 11 is 5.95. The topological polar surface area (TPSA) is 80.7 Å². The molecule has 0 radical (unpaired) electrons. The number of carbonyl (C=O) groups excluding carboxylic acids is 1. The molecule has 1 aromatic rings. The Morgan fingerprint density at radius 1 is 1.27 bits per heavy atom. The first-order valence-electron chi connectivity index (χ1n) is 6.78. The minimum atomic E-state index is -4.25. The van der Waals surface area contributed by atoms with Crippen LogP contribution >= 0.6 is 11.6 Å². The minimum absolute atomic E-state index is 0. The van der Waals surface area contributed by atoms with Crippen LogP contribution in [0.25, 0.3) is 0 Å². The van der Waals surface area contributed by atoms with Gasteiger partial charge >= 0.3 is 35.5 Å². The Labute approximate surface area is 159 Å². The first-order valence-corrected chi connectivity index (χ1v) is 8.65. The van der Waals surface area contributed by atoms with Crippen LogP contribution < -0.4 is 34.3 Å². The van der Waals surface area contributed by atoms with Crippen molar-refractivity contribution in [3.8, 4) is 5.75 Å². The summed E-state index contributed by atoms with van der Waals surface area (Å²) in [6.45, 7) is 2.10. The quantitative estimate of drug-likeness (QED) is 0.183. The molecule has 0 spiro atoms. The molecule has 0 heterocycles. The summed E-state index contributed by atoms with van der Waals surface area (Å²) in [4.78, 5) is 11.5. The number of unbranched alkanes of at least 4 members (excludes halogenated alkanes) is 3. The summed E-state index contributed by atoms with van der Waals surface area (Å²) in [6, 6.07) is 4.90. The molecule has 120 valence electrons. The number of esters is 1. The molecular formula is C14H20ClNaO5S. The van der Waals surface area contributed by atoms with E-state index in [-0.39, 0.29) is 41.6 Å². The fourth-order valence-corrected chi connectivity index (χ4v) is 2.41. The molecule has 8 heteroatoms. The second-order valence-electron chi connectivity index (χ2n) is 4.68. The van der Waals surface area contributed by atoms with E-state index in [9.17, 15) is 13.2 Å². The molecular weight excluding hydrogens is 339 g/mol. The van der Waals surface area contributed by atoms with Crippen LogP contribution in [0.3, 0.4) is 0 Å². The van der Waals surface area contributed by atoms with Gasteiger partial charge in [-0.2, -0.15) is 8.42 Å². The molecule has 1 rings (SSSR count). The summed E-state index contributed by atoms with van der Waals surface area (Å²) in [5, 5.41) is -0.719. The maximum Gasteiger partial charge on any atom is 1.00 e. The maximum absolute atomic E-state index is 11.7. The number of alkyl halides is 1. The van der Waals surface area contributed by atoms with Gasteiger partial charge in [-0.05, 0) is 30.7 Å². The molecule has 0 saturated heterocycles. The number of benzene rings is 1. The normalized spacial score (nSPS) is 12.3. The summed E-state index contributed by atoms with van der Waals surface area (Å²) in [5.41, 5.74) is 0. The van der Waals surface area contributed by atoms with E-state index in [1.165, 1.54) is 12.1 Å². The Kier molecular flexibility index (Phi) is 10.6. The third-order valence-electron chi connectivity index (χ3n) is 2.91. The van der Waals surface area contributed by atoms with Gasteiger partial charge in [0.25, 0.3) is 10.1 Å². The molecule has 1 aromatic carbocycles. The van der Waals surface area contributed by atoms with Crippen molar-refractivity contribution in [3.05, 3.63) is 24.3 Å². The van der Waals surface area contributed by atoms with E-state index in [0.29, 0.717) is 6.42 Å². The van der Waals surface area contributed by atoms with Gasteiger partial charge in [-0.3, -0.25) is 9.35 Å². The molecule has 0 amide bonds. The number of halogens is 1. The average molecular weight is 359 g/mol. The second kappa shape index (κ2) is 10.6. The fraction of sp³-hybridized carbons (Fsp3) is 0.500. The zero-order valence-corrected chi connectivity index (χ0v) is 16.4. The molecule has 0 aromatic heterocycles. The zero-order chi connectivity index (χ0) is 15.9. The molecule has 1 atom stereocenters. The predicted molar refractivity (Wildman–Crippen MR) is 81.4 cm³/mol. The van der Waals surface area contributed by atoms with Gasteiger partial charge in [0.05, 0.1) is 4.90 Å². The van der Waals surface area contributed by atoms with E-state index in [4.69, 9.17) is 20.9 Å². The molecule has 0 fully saturated rings. The van der Waals surface area contributed by atoms with E-state index in [1.807, 2.05) is 0 Å². The molecule has 5 nitrogen and oxygen atoms in total. The largest absolute Gasteiger partial charge is 1.00 e. The Balaban J connectivity index is 0. The molecule has 0 aliphatic carbocycles. The van der Waals surface area contributed by atoms with Gasteiger partial charge in [-0.25, -0.2) is 0 Å². The van der Waals surface area contributed by atoms with Crippen molar-refractivity contribution >= 4 is 27.7 Å². The molecule has 1 unspecified atom stereocenters. The summed E-state index contributed by atoms with van der Waals surface area (Å²) in [5.74, 6) is -0.376. The van der Waals surface area contributed by atoms with Gasteiger partial charge in [-0.15, -0.1) is 11.6 Å². The maximum atomic E-state index is 11.7. The monoisotopic (exact) mass is 358 g/mol. The summed E-state index contributed by atoms with van der Waals surface area (Å²) in [6.07, 6.45) is 4.64. The van der Waals surface area contributed by atoms with E-state index in [1.54, 1.807) is 0 Å². The van der Waals surface area contributed by atoms with Gasteiger partial charge in [0.2, 0.25) is 0 Å². The summed E-state index contributed by atoms with van der Waals surface area (Å²) in [7, 11) is -4.25. The van der Waals surface area contributed by atoms with E-state index >= 15 is 0 Å². The minimum Gasteiger partial charge on any atom is -1.00 e. The molecule has 0 bridgehead atoms. The van der Waals surface area contributed by atoms with Gasteiger partial charge in [-0.1, -0.05) is 32.6 Å². The SMILES string of the molecule is CCCCCCC(Cl)C(=O)Oc1ccc(S(=O)(=O)O)cc1.[H-].[Na+]. The number of ether oxygens (including phenoxy) is 1. The van der Waals surface area contributed by atoms with Crippen LogP contribution in [0.5, 0.6) is 5.75 Å². The first kappa shape index (κ1) is 21.9. The average Bonchev–Trinajstić information content (AvgIpc) is 2.43. The second-order valence-corrected chi connectivity index (χ2v) is 6.63. The van der Waals surface area contributed by atoms with Crippen LogP contribution in [0, 0.1) is 0 Å². The number of hydrogen-bond acceptors (Lipinski definition) is 4. The van der Waals surface area contributed by atoms with E-state index in [2.05, 4.69) is 6.92 Å². The number of rotatable bonds is 8. The van der Waals surface area contributed by atoms with Crippen molar-refractivity contribution in [1.82, 2.24) is 0 Å². The van der Waals surface area contributed by atoms with Crippen molar-refractivity contribution in [2.24, 2.45) is 0 Å². The Bertz CT molecular complexity index is 565. The predicted octanol–water partition coefficient (Wildman–Crippen LogP) is 0.533. The molecule has 0 aliphatic heterocycles. The molecule has 22 heavy (non-hydrogen) atoms.